The third-order valence-electron chi connectivity index (χ3n) is 3.72. The number of fused-ring (bicyclic) bond motifs is 3. The molecular weight excluding hydrogens is 246 g/mol. The Morgan fingerprint density at radius 1 is 0.850 bits per heavy atom. The summed E-state index contributed by atoms with van der Waals surface area (Å²) in [6, 6.07) is 16.6. The molecule has 2 heteroatoms. The molecule has 0 aliphatic carbocycles. The molecule has 0 aliphatic rings. The Morgan fingerprint density at radius 2 is 1.70 bits per heavy atom. The van der Waals surface area contributed by atoms with Crippen molar-refractivity contribution in [1.82, 2.24) is 4.98 Å². The van der Waals surface area contributed by atoms with E-state index >= 15 is 0 Å². The predicted octanol–water partition coefficient (Wildman–Crippen LogP) is 4.96. The molecule has 0 unspecified atom stereocenters. The van der Waals surface area contributed by atoms with Gasteiger partial charge in [0.1, 0.15) is 11.2 Å². The van der Waals surface area contributed by atoms with Crippen LogP contribution in [0.1, 0.15) is 5.56 Å². The molecule has 2 aromatic carbocycles. The smallest absolute Gasteiger partial charge is 0.135 e. The summed E-state index contributed by atoms with van der Waals surface area (Å²) in [6.07, 6.45) is 3.64. The minimum Gasteiger partial charge on any atom is -0.456 e. The van der Waals surface area contributed by atoms with Gasteiger partial charge in [0.05, 0.1) is 0 Å². The van der Waals surface area contributed by atoms with Gasteiger partial charge < -0.3 is 4.42 Å². The third-order valence-corrected chi connectivity index (χ3v) is 3.72. The zero-order valence-corrected chi connectivity index (χ0v) is 11.1. The summed E-state index contributed by atoms with van der Waals surface area (Å²) in [4.78, 5) is 4.07. The van der Waals surface area contributed by atoms with Crippen LogP contribution in [-0.2, 0) is 0 Å². The fourth-order valence-electron chi connectivity index (χ4n) is 2.73. The molecule has 20 heavy (non-hydrogen) atoms. The fourth-order valence-corrected chi connectivity index (χ4v) is 2.73. The topological polar surface area (TPSA) is 26.0 Å². The average Bonchev–Trinajstić information content (AvgIpc) is 2.87. The molecule has 2 nitrogen and oxygen atoms in total. The van der Waals surface area contributed by atoms with Crippen molar-refractivity contribution in [1.29, 1.82) is 0 Å². The molecule has 0 saturated carbocycles. The molecule has 2 heterocycles. The van der Waals surface area contributed by atoms with Crippen molar-refractivity contribution in [2.75, 3.05) is 0 Å². The highest BCUT2D eigenvalue weighted by Gasteiger charge is 2.09. The molecule has 96 valence electrons. The Labute approximate surface area is 116 Å². The largest absolute Gasteiger partial charge is 0.456 e. The molecule has 0 saturated heterocycles. The van der Waals surface area contributed by atoms with E-state index in [1.54, 1.807) is 0 Å². The standard InChI is InChI=1S/C18H13NO/c1-12-3-2-4-17-18(12)15-11-14(5-6-16(15)20-17)13-7-9-19-10-8-13/h2-11H,1H3. The number of pyridine rings is 1. The SMILES string of the molecule is Cc1cccc2oc3ccc(-c4ccncc4)cc3c12. The molecule has 2 aromatic heterocycles. The summed E-state index contributed by atoms with van der Waals surface area (Å²) in [5.74, 6) is 0. The second kappa shape index (κ2) is 4.20. The van der Waals surface area contributed by atoms with Crippen LogP contribution in [-0.4, -0.2) is 4.98 Å². The Balaban J connectivity index is 2.06. The highest BCUT2D eigenvalue weighted by Crippen LogP contribution is 2.33. The van der Waals surface area contributed by atoms with Crippen molar-refractivity contribution in [3.8, 4) is 11.1 Å². The molecular formula is C18H13NO. The van der Waals surface area contributed by atoms with Gasteiger partial charge in [0.15, 0.2) is 0 Å². The first-order chi connectivity index (χ1) is 9.83. The van der Waals surface area contributed by atoms with Gasteiger partial charge in [-0.1, -0.05) is 18.2 Å². The Morgan fingerprint density at radius 3 is 2.55 bits per heavy atom. The lowest BCUT2D eigenvalue weighted by atomic mass is 10.0. The van der Waals surface area contributed by atoms with Gasteiger partial charge in [-0.2, -0.15) is 0 Å². The van der Waals surface area contributed by atoms with Gasteiger partial charge in [0.2, 0.25) is 0 Å². The summed E-state index contributed by atoms with van der Waals surface area (Å²) in [5, 5.41) is 2.38. The number of benzene rings is 2. The van der Waals surface area contributed by atoms with Crippen LogP contribution in [0, 0.1) is 6.92 Å². The highest BCUT2D eigenvalue weighted by atomic mass is 16.3. The lowest BCUT2D eigenvalue weighted by Gasteiger charge is -2.01. The minimum atomic E-state index is 0.937. The van der Waals surface area contributed by atoms with Gasteiger partial charge in [0, 0.05) is 23.2 Å². The maximum Gasteiger partial charge on any atom is 0.135 e. The van der Waals surface area contributed by atoms with E-state index in [-0.39, 0.29) is 0 Å². The van der Waals surface area contributed by atoms with Crippen molar-refractivity contribution in [3.63, 3.8) is 0 Å². The van der Waals surface area contributed by atoms with Crippen LogP contribution in [0.4, 0.5) is 0 Å². The summed E-state index contributed by atoms with van der Waals surface area (Å²) in [7, 11) is 0. The number of nitrogens with zero attached hydrogens (tertiary/aromatic N) is 1. The van der Waals surface area contributed by atoms with Crippen LogP contribution < -0.4 is 0 Å². The van der Waals surface area contributed by atoms with Gasteiger partial charge in [-0.05, 0) is 53.9 Å². The molecule has 0 aliphatic heterocycles. The van der Waals surface area contributed by atoms with Gasteiger partial charge in [0.25, 0.3) is 0 Å². The van der Waals surface area contributed by atoms with Crippen LogP contribution in [0.5, 0.6) is 0 Å². The quantitative estimate of drug-likeness (QED) is 0.483. The summed E-state index contributed by atoms with van der Waals surface area (Å²) in [5.41, 5.74) is 5.49. The first-order valence-corrected chi connectivity index (χ1v) is 6.65. The monoisotopic (exact) mass is 259 g/mol. The number of aryl methyl sites for hydroxylation is 1. The molecule has 0 N–H and O–H groups in total. The van der Waals surface area contributed by atoms with Crippen molar-refractivity contribution in [3.05, 3.63) is 66.5 Å². The van der Waals surface area contributed by atoms with Gasteiger partial charge in [-0.15, -0.1) is 0 Å². The van der Waals surface area contributed by atoms with E-state index < -0.39 is 0 Å². The highest BCUT2D eigenvalue weighted by molar-refractivity contribution is 6.07. The number of furan rings is 1. The van der Waals surface area contributed by atoms with Crippen molar-refractivity contribution < 1.29 is 4.42 Å². The van der Waals surface area contributed by atoms with Crippen molar-refractivity contribution in [2.24, 2.45) is 0 Å². The Kier molecular flexibility index (Phi) is 2.36. The van der Waals surface area contributed by atoms with Gasteiger partial charge in [-0.3, -0.25) is 4.98 Å². The fraction of sp³-hybridized carbons (Fsp3) is 0.0556. The van der Waals surface area contributed by atoms with Gasteiger partial charge >= 0.3 is 0 Å². The van der Waals surface area contributed by atoms with Crippen LogP contribution in [0.15, 0.2) is 65.3 Å². The zero-order chi connectivity index (χ0) is 13.5. The first kappa shape index (κ1) is 11.2. The van der Waals surface area contributed by atoms with E-state index in [4.69, 9.17) is 4.42 Å². The molecule has 0 spiro atoms. The van der Waals surface area contributed by atoms with Crippen LogP contribution in [0.25, 0.3) is 33.1 Å². The maximum atomic E-state index is 5.91. The third kappa shape index (κ3) is 1.62. The lowest BCUT2D eigenvalue weighted by Crippen LogP contribution is -1.79. The summed E-state index contributed by atoms with van der Waals surface area (Å²) in [6.45, 7) is 2.12. The zero-order valence-electron chi connectivity index (χ0n) is 11.1. The first-order valence-electron chi connectivity index (χ1n) is 6.65. The van der Waals surface area contributed by atoms with Gasteiger partial charge in [-0.25, -0.2) is 0 Å². The molecule has 4 rings (SSSR count). The number of rotatable bonds is 1. The normalized spacial score (nSPS) is 11.2. The molecule has 0 amide bonds. The minimum absolute atomic E-state index is 0.937. The van der Waals surface area contributed by atoms with Crippen LogP contribution in [0.2, 0.25) is 0 Å². The molecule has 0 fully saturated rings. The second-order valence-electron chi connectivity index (χ2n) is 5.00. The lowest BCUT2D eigenvalue weighted by molar-refractivity contribution is 0.669. The van der Waals surface area contributed by atoms with E-state index in [2.05, 4.69) is 30.1 Å². The van der Waals surface area contributed by atoms with Crippen LogP contribution >= 0.6 is 0 Å². The second-order valence-corrected chi connectivity index (χ2v) is 5.00. The summed E-state index contributed by atoms with van der Waals surface area (Å²) < 4.78 is 5.91. The molecule has 0 radical (unpaired) electrons. The maximum absolute atomic E-state index is 5.91. The Hall–Kier alpha value is -2.61. The average molecular weight is 259 g/mol. The Bertz CT molecular complexity index is 907. The molecule has 0 atom stereocenters. The van der Waals surface area contributed by atoms with E-state index in [1.165, 1.54) is 27.5 Å². The predicted molar refractivity (Wildman–Crippen MR) is 81.7 cm³/mol. The number of aromatic nitrogens is 1. The molecule has 4 aromatic rings. The van der Waals surface area contributed by atoms with Crippen molar-refractivity contribution in [2.45, 2.75) is 6.92 Å². The summed E-state index contributed by atoms with van der Waals surface area (Å²) >= 11 is 0. The number of hydrogen-bond donors (Lipinski definition) is 0. The van der Waals surface area contributed by atoms with E-state index in [9.17, 15) is 0 Å². The van der Waals surface area contributed by atoms with E-state index in [0.717, 1.165) is 11.2 Å². The van der Waals surface area contributed by atoms with Crippen molar-refractivity contribution >= 4 is 21.9 Å². The van der Waals surface area contributed by atoms with E-state index in [1.807, 2.05) is 42.7 Å². The number of hydrogen-bond acceptors (Lipinski definition) is 2. The van der Waals surface area contributed by atoms with E-state index in [0.29, 0.717) is 0 Å². The molecule has 0 bridgehead atoms. The van der Waals surface area contributed by atoms with Crippen LogP contribution in [0.3, 0.4) is 0 Å².